The number of rotatable bonds is 7. The molecular weight excluding hydrogens is 402 g/mol. The van der Waals surface area contributed by atoms with E-state index in [0.717, 1.165) is 80.4 Å². The van der Waals surface area contributed by atoms with E-state index in [0.29, 0.717) is 5.91 Å². The van der Waals surface area contributed by atoms with Crippen LogP contribution in [0, 0.1) is 5.92 Å². The van der Waals surface area contributed by atoms with Crippen molar-refractivity contribution in [3.8, 4) is 16.9 Å². The molecule has 0 atom stereocenters. The summed E-state index contributed by atoms with van der Waals surface area (Å²) in [5.41, 5.74) is 4.34. The maximum absolute atomic E-state index is 12.4. The predicted octanol–water partition coefficient (Wildman–Crippen LogP) is 2.88. The van der Waals surface area contributed by atoms with Crippen molar-refractivity contribution in [3.63, 3.8) is 0 Å². The molecule has 1 N–H and O–H groups in total. The lowest BCUT2D eigenvalue weighted by Gasteiger charge is -2.37. The molecule has 3 aliphatic rings. The molecule has 0 unspecified atom stereocenters. The molecule has 1 aliphatic carbocycles. The second kappa shape index (κ2) is 8.82. The van der Waals surface area contributed by atoms with Gasteiger partial charge in [-0.2, -0.15) is 5.10 Å². The first kappa shape index (κ1) is 20.8. The molecule has 5 rings (SSSR count). The predicted molar refractivity (Wildman–Crippen MR) is 127 cm³/mol. The Bertz CT molecular complexity index is 1010. The van der Waals surface area contributed by atoms with E-state index < -0.39 is 0 Å². The van der Waals surface area contributed by atoms with Crippen LogP contribution in [0.15, 0.2) is 47.7 Å². The fraction of sp³-hybridized carbons (Fsp3) is 0.440. The highest BCUT2D eigenvalue weighted by molar-refractivity contribution is 5.81. The SMILES string of the molecule is C=Nn1cc(-c2ccc(OC3CNC3)cc2)cc1/C(=C\C)N1CCN(C(=O)C2CC2)CC1. The number of piperazine rings is 1. The van der Waals surface area contributed by atoms with E-state index in [4.69, 9.17) is 4.74 Å². The third-order valence-corrected chi connectivity index (χ3v) is 6.58. The quantitative estimate of drug-likeness (QED) is 0.682. The Balaban J connectivity index is 1.30. The highest BCUT2D eigenvalue weighted by Gasteiger charge is 2.35. The van der Waals surface area contributed by atoms with E-state index in [2.05, 4.69) is 53.2 Å². The fourth-order valence-corrected chi connectivity index (χ4v) is 4.43. The van der Waals surface area contributed by atoms with E-state index in [1.807, 2.05) is 27.9 Å². The number of nitrogens with one attached hydrogen (secondary N) is 1. The molecule has 2 aliphatic heterocycles. The van der Waals surface area contributed by atoms with E-state index in [1.54, 1.807) is 0 Å². The molecule has 0 radical (unpaired) electrons. The lowest BCUT2D eigenvalue weighted by molar-refractivity contribution is -0.133. The van der Waals surface area contributed by atoms with Crippen molar-refractivity contribution in [2.45, 2.75) is 25.9 Å². The van der Waals surface area contributed by atoms with Gasteiger partial charge in [0.25, 0.3) is 0 Å². The van der Waals surface area contributed by atoms with Crippen LogP contribution in [-0.4, -0.2) is 72.5 Å². The highest BCUT2D eigenvalue weighted by Crippen LogP contribution is 2.33. The smallest absolute Gasteiger partial charge is 0.225 e. The van der Waals surface area contributed by atoms with Crippen LogP contribution in [0.1, 0.15) is 25.5 Å². The van der Waals surface area contributed by atoms with Crippen molar-refractivity contribution in [1.29, 1.82) is 0 Å². The summed E-state index contributed by atoms with van der Waals surface area (Å²) < 4.78 is 7.77. The minimum Gasteiger partial charge on any atom is -0.488 e. The van der Waals surface area contributed by atoms with Gasteiger partial charge in [-0.1, -0.05) is 18.2 Å². The third-order valence-electron chi connectivity index (χ3n) is 6.58. The van der Waals surface area contributed by atoms with Gasteiger partial charge >= 0.3 is 0 Å². The lowest BCUT2D eigenvalue weighted by atomic mass is 10.1. The fourth-order valence-electron chi connectivity index (χ4n) is 4.43. The molecule has 7 heteroatoms. The number of ether oxygens (including phenoxy) is 1. The van der Waals surface area contributed by atoms with Gasteiger partial charge in [0.1, 0.15) is 11.9 Å². The molecule has 0 bridgehead atoms. The van der Waals surface area contributed by atoms with Crippen LogP contribution in [0.2, 0.25) is 0 Å². The first-order valence-electron chi connectivity index (χ1n) is 11.5. The van der Waals surface area contributed by atoms with Gasteiger partial charge in [0.05, 0.1) is 11.4 Å². The Hall–Kier alpha value is -3.06. The van der Waals surface area contributed by atoms with Gasteiger partial charge in [0.15, 0.2) is 0 Å². The van der Waals surface area contributed by atoms with Crippen molar-refractivity contribution in [3.05, 3.63) is 48.3 Å². The summed E-state index contributed by atoms with van der Waals surface area (Å²) >= 11 is 0. The number of aromatic nitrogens is 1. The molecule has 32 heavy (non-hydrogen) atoms. The van der Waals surface area contributed by atoms with E-state index in [1.165, 1.54) is 0 Å². The molecule has 1 amide bonds. The van der Waals surface area contributed by atoms with E-state index in [-0.39, 0.29) is 12.0 Å². The maximum Gasteiger partial charge on any atom is 0.225 e. The molecule has 168 valence electrons. The van der Waals surface area contributed by atoms with Crippen LogP contribution in [0.3, 0.4) is 0 Å². The Kier molecular flexibility index (Phi) is 5.74. The van der Waals surface area contributed by atoms with Crippen molar-refractivity contribution in [1.82, 2.24) is 19.8 Å². The van der Waals surface area contributed by atoms with Gasteiger partial charge in [-0.25, -0.2) is 4.68 Å². The summed E-state index contributed by atoms with van der Waals surface area (Å²) in [4.78, 5) is 16.8. The van der Waals surface area contributed by atoms with Gasteiger partial charge in [0.2, 0.25) is 5.91 Å². The number of hydrogen-bond acceptors (Lipinski definition) is 5. The first-order chi connectivity index (χ1) is 15.7. The van der Waals surface area contributed by atoms with Crippen LogP contribution in [0.5, 0.6) is 5.75 Å². The minimum absolute atomic E-state index is 0.274. The zero-order chi connectivity index (χ0) is 22.1. The largest absolute Gasteiger partial charge is 0.488 e. The van der Waals surface area contributed by atoms with Crippen LogP contribution >= 0.6 is 0 Å². The summed E-state index contributed by atoms with van der Waals surface area (Å²) in [5.74, 6) is 1.52. The second-order valence-corrected chi connectivity index (χ2v) is 8.78. The Labute approximate surface area is 189 Å². The van der Waals surface area contributed by atoms with Gasteiger partial charge in [0, 0.05) is 63.7 Å². The molecule has 0 spiro atoms. The zero-order valence-electron chi connectivity index (χ0n) is 18.7. The van der Waals surface area contributed by atoms with Crippen molar-refractivity contribution in [2.24, 2.45) is 11.0 Å². The molecule has 2 aromatic rings. The molecule has 1 saturated carbocycles. The average molecular weight is 434 g/mol. The molecule has 1 aromatic carbocycles. The topological polar surface area (TPSA) is 62.1 Å². The van der Waals surface area contributed by atoms with Gasteiger partial charge in [-0.15, -0.1) is 0 Å². The molecule has 1 aromatic heterocycles. The number of allylic oxidation sites excluding steroid dienone is 1. The monoisotopic (exact) mass is 433 g/mol. The summed E-state index contributed by atoms with van der Waals surface area (Å²) in [6.45, 7) is 10.9. The normalized spacial score (nSPS) is 19.6. The second-order valence-electron chi connectivity index (χ2n) is 8.78. The number of nitrogens with zero attached hydrogens (tertiary/aromatic N) is 4. The summed E-state index contributed by atoms with van der Waals surface area (Å²) in [6, 6.07) is 10.4. The van der Waals surface area contributed by atoms with Crippen LogP contribution in [0.25, 0.3) is 16.8 Å². The maximum atomic E-state index is 12.4. The summed E-state index contributed by atoms with van der Waals surface area (Å²) in [7, 11) is 0. The van der Waals surface area contributed by atoms with Gasteiger partial charge in [-0.05, 0) is 43.5 Å². The van der Waals surface area contributed by atoms with E-state index in [9.17, 15) is 4.79 Å². The van der Waals surface area contributed by atoms with E-state index >= 15 is 0 Å². The van der Waals surface area contributed by atoms with Crippen LogP contribution in [-0.2, 0) is 4.79 Å². The number of hydrogen-bond donors (Lipinski definition) is 1. The lowest BCUT2D eigenvalue weighted by Crippen LogP contribution is -2.50. The summed E-state index contributed by atoms with van der Waals surface area (Å²) in [5, 5.41) is 7.45. The highest BCUT2D eigenvalue weighted by atomic mass is 16.5. The minimum atomic E-state index is 0.274. The Morgan fingerprint density at radius 3 is 2.34 bits per heavy atom. The average Bonchev–Trinajstić information content (AvgIpc) is 3.57. The molecular formula is C25H31N5O2. The van der Waals surface area contributed by atoms with Crippen molar-refractivity contribution in [2.75, 3.05) is 39.3 Å². The Morgan fingerprint density at radius 1 is 1.09 bits per heavy atom. The number of carbonyl (C=O) groups is 1. The van der Waals surface area contributed by atoms with Gasteiger partial charge in [-0.3, -0.25) is 4.79 Å². The van der Waals surface area contributed by atoms with Gasteiger partial charge < -0.3 is 19.9 Å². The first-order valence-corrected chi connectivity index (χ1v) is 11.5. The Morgan fingerprint density at radius 2 is 1.78 bits per heavy atom. The molecule has 3 fully saturated rings. The molecule has 2 saturated heterocycles. The standard InChI is InChI=1S/C25H31N5O2/c1-3-23(28-10-12-29(13-11-28)25(31)19-4-5-19)24-14-20(17-30(24)26-2)18-6-8-21(9-7-18)32-22-15-27-16-22/h3,6-9,14,17,19,22,27H,2,4-5,10-13,15-16H2,1H3/b23-3+. The van der Waals surface area contributed by atoms with Crippen molar-refractivity contribution >= 4 is 18.3 Å². The van der Waals surface area contributed by atoms with Crippen LogP contribution in [0.4, 0.5) is 0 Å². The van der Waals surface area contributed by atoms with Crippen molar-refractivity contribution < 1.29 is 9.53 Å². The molecule has 7 nitrogen and oxygen atoms in total. The third kappa shape index (κ3) is 4.17. The number of amides is 1. The summed E-state index contributed by atoms with van der Waals surface area (Å²) in [6.07, 6.45) is 6.54. The zero-order valence-corrected chi connectivity index (χ0v) is 18.7. The number of carbonyl (C=O) groups excluding carboxylic acids is 1. The number of benzene rings is 1. The van der Waals surface area contributed by atoms with Crippen LogP contribution < -0.4 is 10.1 Å². The molecule has 3 heterocycles.